The van der Waals surface area contributed by atoms with Gasteiger partial charge in [-0.3, -0.25) is 0 Å². The first-order valence-electron chi connectivity index (χ1n) is 14.0. The number of hydrogen-bond acceptors (Lipinski definition) is 11. The Bertz CT molecular complexity index is 1300. The summed E-state index contributed by atoms with van der Waals surface area (Å²) in [5, 5.41) is 10.8. The van der Waals surface area contributed by atoms with Gasteiger partial charge in [-0.1, -0.05) is 30.7 Å². The summed E-state index contributed by atoms with van der Waals surface area (Å²) in [6, 6.07) is 0. The molecule has 6 heterocycles. The van der Waals surface area contributed by atoms with Crippen LogP contribution in [0.5, 0.6) is 0 Å². The number of ether oxygens (including phenoxy) is 7. The van der Waals surface area contributed by atoms with Gasteiger partial charge in [0.1, 0.15) is 23.9 Å². The van der Waals surface area contributed by atoms with Gasteiger partial charge in [0.15, 0.2) is 23.9 Å². The zero-order valence-corrected chi connectivity index (χ0v) is 22.3. The zero-order chi connectivity index (χ0) is 27.7. The number of allylic oxidation sites excluding steroid dienone is 3. The molecule has 1 N–H and O–H groups in total. The largest absolute Gasteiger partial charge is 0.463 e. The maximum absolute atomic E-state index is 13.6. The van der Waals surface area contributed by atoms with Crippen molar-refractivity contribution in [3.8, 4) is 0 Å². The molecule has 0 amide bonds. The summed E-state index contributed by atoms with van der Waals surface area (Å²) in [4.78, 5) is 39.2. The Morgan fingerprint density at radius 3 is 2.62 bits per heavy atom. The van der Waals surface area contributed by atoms with E-state index < -0.39 is 70.0 Å². The predicted octanol–water partition coefficient (Wildman–Crippen LogP) is 0.823. The van der Waals surface area contributed by atoms with E-state index in [1.54, 1.807) is 0 Å². The van der Waals surface area contributed by atoms with Crippen LogP contribution in [-0.4, -0.2) is 96.3 Å². The van der Waals surface area contributed by atoms with E-state index in [2.05, 4.69) is 19.9 Å². The molecule has 0 radical (unpaired) electrons. The van der Waals surface area contributed by atoms with Gasteiger partial charge in [-0.15, -0.1) is 0 Å². The van der Waals surface area contributed by atoms with E-state index >= 15 is 0 Å². The lowest BCUT2D eigenvalue weighted by atomic mass is 9.51. The fraction of sp³-hybridized carbons (Fsp3) is 0.690. The van der Waals surface area contributed by atoms with E-state index in [4.69, 9.17) is 33.2 Å². The third kappa shape index (κ3) is 2.85. The summed E-state index contributed by atoms with van der Waals surface area (Å²) in [5.74, 6) is -1.99. The minimum atomic E-state index is -1.62. The van der Waals surface area contributed by atoms with Crippen LogP contribution in [0.2, 0.25) is 0 Å². The van der Waals surface area contributed by atoms with Crippen LogP contribution in [0.1, 0.15) is 39.5 Å². The van der Waals surface area contributed by atoms with Crippen LogP contribution in [0.3, 0.4) is 0 Å². The first kappa shape index (κ1) is 25.2. The number of hydrogen-bond donors (Lipinski definition) is 1. The molecule has 40 heavy (non-hydrogen) atoms. The Labute approximate surface area is 230 Å². The molecule has 0 aromatic carbocycles. The Balaban J connectivity index is 1.22. The third-order valence-corrected chi connectivity index (χ3v) is 11.2. The molecular weight excluding hydrogens is 524 g/mol. The fourth-order valence-electron chi connectivity index (χ4n) is 8.73. The van der Waals surface area contributed by atoms with Crippen molar-refractivity contribution in [3.63, 3.8) is 0 Å². The molecule has 214 valence electrons. The van der Waals surface area contributed by atoms with E-state index in [0.717, 1.165) is 6.42 Å². The van der Waals surface area contributed by atoms with Crippen LogP contribution in [0, 0.1) is 10.8 Å². The number of aliphatic hydroxyl groups excluding tert-OH is 1. The van der Waals surface area contributed by atoms with Crippen molar-refractivity contribution < 1.29 is 52.6 Å². The van der Waals surface area contributed by atoms with Gasteiger partial charge in [0, 0.05) is 24.3 Å². The Morgan fingerprint density at radius 1 is 1.00 bits per heavy atom. The number of cyclic esters (lactones) is 1. The molecule has 6 aliphatic heterocycles. The molecule has 1 saturated carbocycles. The molecule has 11 nitrogen and oxygen atoms in total. The highest BCUT2D eigenvalue weighted by Gasteiger charge is 2.83. The number of carbonyl (C=O) groups excluding carboxylic acids is 3. The van der Waals surface area contributed by atoms with Gasteiger partial charge in [-0.2, -0.15) is 0 Å². The van der Waals surface area contributed by atoms with Gasteiger partial charge < -0.3 is 38.3 Å². The quantitative estimate of drug-likeness (QED) is 0.196. The Morgan fingerprint density at radius 2 is 1.82 bits per heavy atom. The average molecular weight is 557 g/mol. The second kappa shape index (κ2) is 7.83. The molecule has 0 aromatic heterocycles. The van der Waals surface area contributed by atoms with Crippen LogP contribution < -0.4 is 0 Å². The van der Waals surface area contributed by atoms with Crippen molar-refractivity contribution in [1.29, 1.82) is 0 Å². The first-order chi connectivity index (χ1) is 19.1. The molecular formula is C29H32O11. The number of aliphatic hydroxyl groups is 1. The number of epoxide rings is 2. The normalized spacial score (nSPS) is 55.6. The summed E-state index contributed by atoms with van der Waals surface area (Å²) in [6.07, 6.45) is 5.27. The Hall–Kier alpha value is -2.57. The van der Waals surface area contributed by atoms with Crippen LogP contribution in [0.25, 0.3) is 0 Å². The van der Waals surface area contributed by atoms with Crippen molar-refractivity contribution >= 4 is 17.9 Å². The summed E-state index contributed by atoms with van der Waals surface area (Å²) in [5.41, 5.74) is -3.57. The summed E-state index contributed by atoms with van der Waals surface area (Å²) >= 11 is 0. The molecule has 0 unspecified atom stereocenters. The molecule has 6 fully saturated rings. The molecule has 0 aromatic rings. The van der Waals surface area contributed by atoms with Gasteiger partial charge in [-0.05, 0) is 25.8 Å². The Kier molecular flexibility index (Phi) is 4.92. The predicted molar refractivity (Wildman–Crippen MR) is 131 cm³/mol. The fourth-order valence-corrected chi connectivity index (χ4v) is 8.73. The molecule has 11 heteroatoms. The second-order valence-corrected chi connectivity index (χ2v) is 12.7. The number of carbonyl (C=O) groups is 3. The monoisotopic (exact) mass is 556 g/mol. The minimum absolute atomic E-state index is 0.0169. The molecule has 5 saturated heterocycles. The highest BCUT2D eigenvalue weighted by Crippen LogP contribution is 2.72. The van der Waals surface area contributed by atoms with Crippen LogP contribution in [0.4, 0.5) is 0 Å². The van der Waals surface area contributed by atoms with E-state index in [-0.39, 0.29) is 31.8 Å². The van der Waals surface area contributed by atoms with Gasteiger partial charge in [0.2, 0.25) is 0 Å². The SMILES string of the molecule is CC1=C[C@H]2O[C@@H]3C[C@H]4OC(=O)/C=C\C=C\[C@]56OCC[C@@]7(O[C@@H]7C(=O)OC[C@@]2(CC1)[C@]4(C)[C@]31CO1)[C@H]5OC(=O)[C@@H]6O. The molecule has 3 spiro atoms. The van der Waals surface area contributed by atoms with Crippen molar-refractivity contribution in [2.45, 2.75) is 93.0 Å². The van der Waals surface area contributed by atoms with Gasteiger partial charge in [0.05, 0.1) is 30.8 Å². The van der Waals surface area contributed by atoms with Crippen LogP contribution in [0.15, 0.2) is 36.0 Å². The zero-order valence-electron chi connectivity index (χ0n) is 22.3. The molecule has 4 bridgehead atoms. The van der Waals surface area contributed by atoms with Gasteiger partial charge in [0.25, 0.3) is 0 Å². The number of rotatable bonds is 0. The highest BCUT2D eigenvalue weighted by atomic mass is 16.7. The molecule has 11 atom stereocenters. The average Bonchev–Trinajstić information content (AvgIpc) is 3.83. The lowest BCUT2D eigenvalue weighted by molar-refractivity contribution is -0.233. The third-order valence-electron chi connectivity index (χ3n) is 11.2. The maximum atomic E-state index is 13.6. The van der Waals surface area contributed by atoms with E-state index in [1.165, 1.54) is 29.9 Å². The smallest absolute Gasteiger partial charge is 0.339 e. The van der Waals surface area contributed by atoms with E-state index in [0.29, 0.717) is 19.4 Å². The van der Waals surface area contributed by atoms with Crippen molar-refractivity contribution in [2.75, 3.05) is 19.8 Å². The topological polar surface area (TPSA) is 143 Å². The highest BCUT2D eigenvalue weighted by molar-refractivity contribution is 5.84. The van der Waals surface area contributed by atoms with Crippen LogP contribution in [-0.2, 0) is 47.5 Å². The van der Waals surface area contributed by atoms with Crippen molar-refractivity contribution in [3.05, 3.63) is 36.0 Å². The first-order valence-corrected chi connectivity index (χ1v) is 14.0. The van der Waals surface area contributed by atoms with Crippen molar-refractivity contribution in [1.82, 2.24) is 0 Å². The van der Waals surface area contributed by atoms with Crippen molar-refractivity contribution in [2.24, 2.45) is 10.8 Å². The van der Waals surface area contributed by atoms with Gasteiger partial charge in [-0.25, -0.2) is 14.4 Å². The summed E-state index contributed by atoms with van der Waals surface area (Å²) in [7, 11) is 0. The van der Waals surface area contributed by atoms with E-state index in [9.17, 15) is 19.5 Å². The molecule has 8 rings (SSSR count). The molecule has 8 aliphatic rings. The lowest BCUT2D eigenvalue weighted by Gasteiger charge is -2.58. The molecule has 2 aliphatic carbocycles. The van der Waals surface area contributed by atoms with Gasteiger partial charge >= 0.3 is 17.9 Å². The standard InChI is InChI=1S/C29H32O11/c1-15-6-8-26-13-34-23(33)21-28(40-21)9-10-35-27(20(31)22(32)39-24(27)28)7-4-3-5-19(30)38-16-12-18(37-17(26)11-15)29(14-36-29)25(16,26)2/h3-5,7,11,16-18,20-21,24,31H,6,8-10,12-14H2,1-2H3/b5-3-,7-4+/t16-,17-,18-,20+,21-,24+,25-,26-,27-,28+,29+/m1/s1. The van der Waals surface area contributed by atoms with Crippen LogP contribution >= 0.6 is 0 Å². The summed E-state index contributed by atoms with van der Waals surface area (Å²) < 4.78 is 42.4. The van der Waals surface area contributed by atoms with E-state index in [1.807, 2.05) is 0 Å². The summed E-state index contributed by atoms with van der Waals surface area (Å²) in [6.45, 7) is 4.77. The second-order valence-electron chi connectivity index (χ2n) is 12.7. The maximum Gasteiger partial charge on any atom is 0.339 e. The number of esters is 3. The minimum Gasteiger partial charge on any atom is -0.463 e. The lowest BCUT2D eigenvalue weighted by Crippen LogP contribution is -2.67.